The second-order valence-electron chi connectivity index (χ2n) is 5.13. The molecule has 4 heteroatoms. The van der Waals surface area contributed by atoms with Crippen molar-refractivity contribution in [3.8, 4) is 0 Å². The maximum absolute atomic E-state index is 3.65. The summed E-state index contributed by atoms with van der Waals surface area (Å²) in [5.74, 6) is 2.37. The number of halogens is 4. The Morgan fingerprint density at radius 1 is 0.556 bits per heavy atom. The maximum Gasteiger partial charge on any atom is 0.00945 e. The van der Waals surface area contributed by atoms with Gasteiger partial charge in [-0.1, -0.05) is 103 Å². The smallest absolute Gasteiger partial charge is 0.00945 e. The van der Waals surface area contributed by atoms with E-state index in [2.05, 4.69) is 91.4 Å². The van der Waals surface area contributed by atoms with E-state index >= 15 is 0 Å². The molecule has 0 nitrogen and oxygen atoms in total. The molecule has 0 saturated carbocycles. The molecular weight excluding hydrogens is 488 g/mol. The van der Waals surface area contributed by atoms with Gasteiger partial charge in [-0.2, -0.15) is 0 Å². The molecule has 18 heavy (non-hydrogen) atoms. The monoisotopic (exact) mass is 508 g/mol. The molecular formula is C14H24Br4. The summed E-state index contributed by atoms with van der Waals surface area (Å²) >= 11 is 14.6. The molecule has 4 atom stereocenters. The van der Waals surface area contributed by atoms with Gasteiger partial charge in [0.25, 0.3) is 0 Å². The number of rotatable bonds is 8. The van der Waals surface area contributed by atoms with Crippen LogP contribution in [0.25, 0.3) is 0 Å². The van der Waals surface area contributed by atoms with E-state index in [1.807, 2.05) is 0 Å². The lowest BCUT2D eigenvalue weighted by molar-refractivity contribution is 0.554. The van der Waals surface area contributed by atoms with Crippen molar-refractivity contribution in [1.82, 2.24) is 0 Å². The van der Waals surface area contributed by atoms with Crippen LogP contribution in [0.5, 0.6) is 0 Å². The van der Waals surface area contributed by atoms with Crippen LogP contribution in [0.1, 0.15) is 27.7 Å². The van der Waals surface area contributed by atoms with Crippen molar-refractivity contribution in [2.75, 3.05) is 21.3 Å². The fourth-order valence-corrected chi connectivity index (χ4v) is 3.84. The van der Waals surface area contributed by atoms with Gasteiger partial charge >= 0.3 is 0 Å². The van der Waals surface area contributed by atoms with Gasteiger partial charge in [0, 0.05) is 21.3 Å². The van der Waals surface area contributed by atoms with E-state index in [0.29, 0.717) is 23.7 Å². The van der Waals surface area contributed by atoms with Gasteiger partial charge in [-0.3, -0.25) is 0 Å². The van der Waals surface area contributed by atoms with Crippen LogP contribution < -0.4 is 0 Å². The first-order valence-electron chi connectivity index (χ1n) is 6.42. The standard InChI is InChI=1S/C14H24Br4/c1-9(5-15)13(10(2)6-16)14(11(3)7-17)12(4)8-18/h9-12H,5-8H2,1-4H3. The van der Waals surface area contributed by atoms with Crippen LogP contribution in [0.3, 0.4) is 0 Å². The molecule has 0 heterocycles. The second kappa shape index (κ2) is 10.4. The van der Waals surface area contributed by atoms with Crippen molar-refractivity contribution >= 4 is 63.7 Å². The van der Waals surface area contributed by atoms with Crippen molar-refractivity contribution in [2.24, 2.45) is 23.7 Å². The third-order valence-corrected chi connectivity index (χ3v) is 7.27. The summed E-state index contributed by atoms with van der Waals surface area (Å²) in [6.07, 6.45) is 0. The first kappa shape index (κ1) is 19.7. The summed E-state index contributed by atoms with van der Waals surface area (Å²) in [5.41, 5.74) is 3.25. The molecule has 0 rings (SSSR count). The normalized spacial score (nSPS) is 18.0. The lowest BCUT2D eigenvalue weighted by Crippen LogP contribution is -2.22. The summed E-state index contributed by atoms with van der Waals surface area (Å²) in [6, 6.07) is 0. The van der Waals surface area contributed by atoms with Crippen molar-refractivity contribution in [3.05, 3.63) is 11.1 Å². The number of hydrogen-bond acceptors (Lipinski definition) is 0. The molecule has 0 aromatic rings. The van der Waals surface area contributed by atoms with Crippen LogP contribution in [0, 0.1) is 23.7 Å². The van der Waals surface area contributed by atoms with Crippen LogP contribution in [-0.2, 0) is 0 Å². The van der Waals surface area contributed by atoms with Gasteiger partial charge in [0.15, 0.2) is 0 Å². The van der Waals surface area contributed by atoms with E-state index in [-0.39, 0.29) is 0 Å². The predicted octanol–water partition coefficient (Wildman–Crippen LogP) is 6.41. The van der Waals surface area contributed by atoms with Gasteiger partial charge in [-0.05, 0) is 23.7 Å². The molecule has 0 N–H and O–H groups in total. The Morgan fingerprint density at radius 3 is 0.833 bits per heavy atom. The van der Waals surface area contributed by atoms with E-state index in [0.717, 1.165) is 21.3 Å². The molecule has 0 aromatic carbocycles. The summed E-state index contributed by atoms with van der Waals surface area (Å²) < 4.78 is 0. The average Bonchev–Trinajstić information content (AvgIpc) is 2.41. The van der Waals surface area contributed by atoms with Crippen LogP contribution >= 0.6 is 63.7 Å². The van der Waals surface area contributed by atoms with Crippen molar-refractivity contribution in [2.45, 2.75) is 27.7 Å². The lowest BCUT2D eigenvalue weighted by Gasteiger charge is -2.30. The molecule has 4 unspecified atom stereocenters. The third kappa shape index (κ3) is 5.57. The quantitative estimate of drug-likeness (QED) is 0.261. The highest BCUT2D eigenvalue weighted by atomic mass is 79.9. The number of hydrogen-bond donors (Lipinski definition) is 0. The summed E-state index contributed by atoms with van der Waals surface area (Å²) in [7, 11) is 0. The van der Waals surface area contributed by atoms with Gasteiger partial charge in [-0.15, -0.1) is 0 Å². The first-order chi connectivity index (χ1) is 8.44. The average molecular weight is 512 g/mol. The van der Waals surface area contributed by atoms with Crippen molar-refractivity contribution < 1.29 is 0 Å². The zero-order valence-corrected chi connectivity index (χ0v) is 18.0. The molecule has 0 spiro atoms. The van der Waals surface area contributed by atoms with E-state index in [9.17, 15) is 0 Å². The zero-order valence-electron chi connectivity index (χ0n) is 11.6. The molecule has 108 valence electrons. The highest BCUT2D eigenvalue weighted by Crippen LogP contribution is 2.35. The van der Waals surface area contributed by atoms with Crippen LogP contribution in [0.4, 0.5) is 0 Å². The van der Waals surface area contributed by atoms with E-state index in [1.54, 1.807) is 11.1 Å². The van der Waals surface area contributed by atoms with Gasteiger partial charge in [0.05, 0.1) is 0 Å². The fourth-order valence-electron chi connectivity index (χ4n) is 2.44. The highest BCUT2D eigenvalue weighted by Gasteiger charge is 2.25. The Bertz CT molecular complexity index is 213. The van der Waals surface area contributed by atoms with Gasteiger partial charge < -0.3 is 0 Å². The largest absolute Gasteiger partial charge is 0.0922 e. The van der Waals surface area contributed by atoms with E-state index in [1.165, 1.54) is 0 Å². The summed E-state index contributed by atoms with van der Waals surface area (Å²) in [4.78, 5) is 0. The molecule has 0 aliphatic heterocycles. The SMILES string of the molecule is CC(CBr)C(=C(C(C)CBr)C(C)CBr)C(C)CBr. The van der Waals surface area contributed by atoms with Gasteiger partial charge in [-0.25, -0.2) is 0 Å². The zero-order chi connectivity index (χ0) is 14.3. The van der Waals surface area contributed by atoms with E-state index < -0.39 is 0 Å². The Morgan fingerprint density at radius 2 is 0.722 bits per heavy atom. The highest BCUT2D eigenvalue weighted by molar-refractivity contribution is 9.09. The minimum absolute atomic E-state index is 0.593. The molecule has 0 aromatic heterocycles. The minimum Gasteiger partial charge on any atom is -0.0922 e. The fraction of sp³-hybridized carbons (Fsp3) is 0.857. The minimum atomic E-state index is 0.593. The van der Waals surface area contributed by atoms with Crippen LogP contribution in [0.15, 0.2) is 11.1 Å². The Kier molecular flexibility index (Phi) is 11.4. The Balaban J connectivity index is 5.66. The molecule has 0 bridgehead atoms. The topological polar surface area (TPSA) is 0 Å². The van der Waals surface area contributed by atoms with Crippen LogP contribution in [-0.4, -0.2) is 21.3 Å². The molecule has 0 aliphatic rings. The lowest BCUT2D eigenvalue weighted by atomic mass is 9.79. The molecule has 0 radical (unpaired) electrons. The summed E-state index contributed by atoms with van der Waals surface area (Å²) in [5, 5.41) is 4.14. The Hall–Kier alpha value is 1.66. The molecule has 0 amide bonds. The van der Waals surface area contributed by atoms with Gasteiger partial charge in [0.2, 0.25) is 0 Å². The van der Waals surface area contributed by atoms with E-state index in [4.69, 9.17) is 0 Å². The molecule has 0 fully saturated rings. The van der Waals surface area contributed by atoms with Crippen molar-refractivity contribution in [3.63, 3.8) is 0 Å². The Labute approximate surface area is 146 Å². The number of alkyl halides is 4. The number of allylic oxidation sites excluding steroid dienone is 2. The van der Waals surface area contributed by atoms with Crippen molar-refractivity contribution in [1.29, 1.82) is 0 Å². The molecule has 0 saturated heterocycles. The molecule has 0 aliphatic carbocycles. The third-order valence-electron chi connectivity index (χ3n) is 3.38. The maximum atomic E-state index is 3.65. The van der Waals surface area contributed by atoms with Gasteiger partial charge in [0.1, 0.15) is 0 Å². The second-order valence-corrected chi connectivity index (χ2v) is 7.72. The summed E-state index contributed by atoms with van der Waals surface area (Å²) in [6.45, 7) is 9.30. The van der Waals surface area contributed by atoms with Crippen LogP contribution in [0.2, 0.25) is 0 Å². The predicted molar refractivity (Wildman–Crippen MR) is 98.9 cm³/mol. The first-order valence-corrected chi connectivity index (χ1v) is 10.9.